The molecule has 0 aliphatic carbocycles. The van der Waals surface area contributed by atoms with Crippen LogP contribution in [0.1, 0.15) is 5.56 Å². The molecular weight excluding hydrogens is 266 g/mol. The van der Waals surface area contributed by atoms with E-state index in [1.54, 1.807) is 0 Å². The van der Waals surface area contributed by atoms with Crippen LogP contribution < -0.4 is 10.5 Å². The lowest BCUT2D eigenvalue weighted by Crippen LogP contribution is -2.32. The minimum Gasteiger partial charge on any atom is -0.496 e. The summed E-state index contributed by atoms with van der Waals surface area (Å²) < 4.78 is 5.17. The molecular formula is C12H13N3O5. The van der Waals surface area contributed by atoms with Crippen LogP contribution in [0.25, 0.3) is 10.9 Å². The van der Waals surface area contributed by atoms with Crippen molar-refractivity contribution in [1.29, 1.82) is 0 Å². The molecule has 0 aliphatic rings. The summed E-state index contributed by atoms with van der Waals surface area (Å²) in [6.45, 7) is 0. The number of carboxylic acids is 1. The van der Waals surface area contributed by atoms with Gasteiger partial charge in [0.25, 0.3) is 5.69 Å². The number of fused-ring (bicyclic) bond motifs is 1. The maximum atomic E-state index is 11.0. The van der Waals surface area contributed by atoms with Gasteiger partial charge >= 0.3 is 5.97 Å². The summed E-state index contributed by atoms with van der Waals surface area (Å²) in [4.78, 5) is 24.1. The number of hydrogen-bond donors (Lipinski definition) is 3. The van der Waals surface area contributed by atoms with Crippen LogP contribution in [0.15, 0.2) is 18.3 Å². The molecule has 1 heterocycles. The quantitative estimate of drug-likeness (QED) is 0.553. The number of aromatic amines is 1. The van der Waals surface area contributed by atoms with E-state index in [0.717, 1.165) is 0 Å². The van der Waals surface area contributed by atoms with E-state index in [4.69, 9.17) is 15.6 Å². The Morgan fingerprint density at radius 3 is 2.85 bits per heavy atom. The van der Waals surface area contributed by atoms with Gasteiger partial charge in [0, 0.05) is 18.7 Å². The molecule has 1 aromatic heterocycles. The van der Waals surface area contributed by atoms with Gasteiger partial charge in [0.2, 0.25) is 0 Å². The van der Waals surface area contributed by atoms with Crippen LogP contribution in [0.3, 0.4) is 0 Å². The van der Waals surface area contributed by atoms with Gasteiger partial charge in [-0.15, -0.1) is 0 Å². The van der Waals surface area contributed by atoms with Gasteiger partial charge in [-0.2, -0.15) is 0 Å². The fraction of sp³-hybridized carbons (Fsp3) is 0.250. The topological polar surface area (TPSA) is 131 Å². The number of nitrogens with zero attached hydrogens (tertiary/aromatic N) is 1. The first-order valence-corrected chi connectivity index (χ1v) is 5.75. The summed E-state index contributed by atoms with van der Waals surface area (Å²) in [6.07, 6.45) is 1.57. The zero-order valence-corrected chi connectivity index (χ0v) is 10.6. The van der Waals surface area contributed by atoms with Gasteiger partial charge in [-0.05, 0) is 11.6 Å². The number of benzene rings is 1. The Labute approximate surface area is 113 Å². The van der Waals surface area contributed by atoms with Crippen molar-refractivity contribution in [3.05, 3.63) is 34.0 Å². The molecule has 20 heavy (non-hydrogen) atoms. The van der Waals surface area contributed by atoms with Crippen molar-refractivity contribution < 1.29 is 19.6 Å². The highest BCUT2D eigenvalue weighted by Crippen LogP contribution is 2.35. The second kappa shape index (κ2) is 5.17. The lowest BCUT2D eigenvalue weighted by atomic mass is 10.0. The molecule has 0 saturated carbocycles. The number of hydrogen-bond acceptors (Lipinski definition) is 5. The number of methoxy groups -OCH3 is 1. The number of nitro benzene ring substituents is 1. The Morgan fingerprint density at radius 1 is 1.60 bits per heavy atom. The van der Waals surface area contributed by atoms with Gasteiger partial charge in [-0.25, -0.2) is 0 Å². The first-order chi connectivity index (χ1) is 9.45. The van der Waals surface area contributed by atoms with Crippen LogP contribution in [-0.2, 0) is 11.2 Å². The largest absolute Gasteiger partial charge is 0.496 e. The molecule has 0 aliphatic heterocycles. The molecule has 0 amide bonds. The van der Waals surface area contributed by atoms with E-state index in [0.29, 0.717) is 22.2 Å². The minimum atomic E-state index is -1.14. The van der Waals surface area contributed by atoms with Crippen molar-refractivity contribution in [2.75, 3.05) is 7.11 Å². The number of carboxylic acid groups (broad SMARTS) is 1. The molecule has 2 aromatic rings. The molecule has 0 spiro atoms. The Hall–Kier alpha value is -2.61. The molecule has 1 atom stereocenters. The average Bonchev–Trinajstić information content (AvgIpc) is 2.81. The van der Waals surface area contributed by atoms with Crippen LogP contribution in [-0.4, -0.2) is 34.1 Å². The fourth-order valence-electron chi connectivity index (χ4n) is 2.08. The molecule has 0 fully saturated rings. The summed E-state index contributed by atoms with van der Waals surface area (Å²) in [7, 11) is 1.44. The molecule has 8 nitrogen and oxygen atoms in total. The van der Waals surface area contributed by atoms with Crippen LogP contribution in [0.2, 0.25) is 0 Å². The molecule has 2 rings (SSSR count). The number of nitrogens with one attached hydrogen (secondary N) is 1. The van der Waals surface area contributed by atoms with E-state index in [1.165, 1.54) is 25.4 Å². The van der Waals surface area contributed by atoms with Crippen LogP contribution in [0, 0.1) is 10.1 Å². The molecule has 0 bridgehead atoms. The van der Waals surface area contributed by atoms with E-state index in [1.807, 2.05) is 0 Å². The number of aliphatic carboxylic acids is 1. The van der Waals surface area contributed by atoms with Gasteiger partial charge in [0.05, 0.1) is 17.4 Å². The minimum absolute atomic E-state index is 0.0485. The third kappa shape index (κ3) is 2.28. The van der Waals surface area contributed by atoms with E-state index in [9.17, 15) is 14.9 Å². The summed E-state index contributed by atoms with van der Waals surface area (Å²) in [6, 6.07) is 1.72. The summed E-state index contributed by atoms with van der Waals surface area (Å²) in [5.41, 5.74) is 6.26. The van der Waals surface area contributed by atoms with Crippen LogP contribution >= 0.6 is 0 Å². The van der Waals surface area contributed by atoms with Crippen molar-refractivity contribution >= 4 is 22.6 Å². The van der Waals surface area contributed by atoms with E-state index in [2.05, 4.69) is 4.98 Å². The van der Waals surface area contributed by atoms with E-state index in [-0.39, 0.29) is 12.1 Å². The molecule has 1 aromatic carbocycles. The maximum absolute atomic E-state index is 11.0. The van der Waals surface area contributed by atoms with Gasteiger partial charge in [-0.1, -0.05) is 0 Å². The Kier molecular flexibility index (Phi) is 3.57. The Bertz CT molecular complexity index is 679. The number of rotatable bonds is 5. The Balaban J connectivity index is 2.60. The van der Waals surface area contributed by atoms with Crippen molar-refractivity contribution in [2.24, 2.45) is 5.73 Å². The van der Waals surface area contributed by atoms with E-state index < -0.39 is 16.9 Å². The first kappa shape index (κ1) is 13.8. The van der Waals surface area contributed by atoms with Gasteiger partial charge in [0.1, 0.15) is 17.3 Å². The van der Waals surface area contributed by atoms with Crippen LogP contribution in [0.4, 0.5) is 5.69 Å². The van der Waals surface area contributed by atoms with Crippen molar-refractivity contribution in [3.8, 4) is 5.75 Å². The van der Waals surface area contributed by atoms with Crippen LogP contribution in [0.5, 0.6) is 5.75 Å². The van der Waals surface area contributed by atoms with Gasteiger partial charge in [-0.3, -0.25) is 14.9 Å². The first-order valence-electron chi connectivity index (χ1n) is 5.75. The highest BCUT2D eigenvalue weighted by molar-refractivity contribution is 5.96. The summed E-state index contributed by atoms with van der Waals surface area (Å²) >= 11 is 0. The normalized spacial score (nSPS) is 12.3. The predicted octanol–water partition coefficient (Wildman–Crippen LogP) is 1.04. The fourth-order valence-corrected chi connectivity index (χ4v) is 2.08. The number of non-ortho nitro benzene ring substituents is 1. The van der Waals surface area contributed by atoms with Crippen molar-refractivity contribution in [3.63, 3.8) is 0 Å². The van der Waals surface area contributed by atoms with Gasteiger partial charge < -0.3 is 20.6 Å². The molecule has 0 saturated heterocycles. The predicted molar refractivity (Wildman–Crippen MR) is 70.8 cm³/mol. The third-order valence-electron chi connectivity index (χ3n) is 3.03. The second-order valence-corrected chi connectivity index (χ2v) is 4.26. The highest BCUT2D eigenvalue weighted by Gasteiger charge is 2.22. The number of H-pyrrole nitrogens is 1. The van der Waals surface area contributed by atoms with Crippen molar-refractivity contribution in [1.82, 2.24) is 4.98 Å². The average molecular weight is 279 g/mol. The zero-order chi connectivity index (χ0) is 14.9. The number of ether oxygens (including phenoxy) is 1. The maximum Gasteiger partial charge on any atom is 0.320 e. The SMILES string of the molecule is COc1ccc([N+](=O)[O-])c2[nH]cc(CC(N)C(=O)O)c12. The highest BCUT2D eigenvalue weighted by atomic mass is 16.6. The smallest absolute Gasteiger partial charge is 0.320 e. The molecule has 4 N–H and O–H groups in total. The number of nitrogens with two attached hydrogens (primary N) is 1. The number of carbonyl (C=O) groups is 1. The second-order valence-electron chi connectivity index (χ2n) is 4.26. The number of aromatic nitrogens is 1. The summed E-state index contributed by atoms with van der Waals surface area (Å²) in [5.74, 6) is -0.705. The standard InChI is InChI=1S/C12H13N3O5/c1-20-9-3-2-8(15(18)19)11-10(9)6(5-14-11)4-7(13)12(16)17/h2-3,5,7,14H,4,13H2,1H3,(H,16,17). The molecule has 106 valence electrons. The summed E-state index contributed by atoms with van der Waals surface area (Å²) in [5, 5.41) is 20.3. The lowest BCUT2D eigenvalue weighted by Gasteiger charge is -2.07. The third-order valence-corrected chi connectivity index (χ3v) is 3.03. The van der Waals surface area contributed by atoms with Crippen molar-refractivity contribution in [2.45, 2.75) is 12.5 Å². The lowest BCUT2D eigenvalue weighted by molar-refractivity contribution is -0.383. The molecule has 8 heteroatoms. The molecule has 1 unspecified atom stereocenters. The number of nitro groups is 1. The molecule has 0 radical (unpaired) electrons. The zero-order valence-electron chi connectivity index (χ0n) is 10.6. The monoisotopic (exact) mass is 279 g/mol. The Morgan fingerprint density at radius 2 is 2.30 bits per heavy atom. The van der Waals surface area contributed by atoms with Gasteiger partial charge in [0.15, 0.2) is 0 Å². The van der Waals surface area contributed by atoms with E-state index >= 15 is 0 Å².